The van der Waals surface area contributed by atoms with Crippen LogP contribution < -0.4 is 4.90 Å². The molecule has 5 rings (SSSR count). The van der Waals surface area contributed by atoms with Gasteiger partial charge in [0.05, 0.1) is 11.7 Å². The minimum atomic E-state index is -0.344. The number of fused-ring (bicyclic) bond motifs is 1. The van der Waals surface area contributed by atoms with E-state index < -0.39 is 0 Å². The van der Waals surface area contributed by atoms with E-state index in [0.717, 1.165) is 32.5 Å². The molecule has 0 saturated carbocycles. The first-order valence-electron chi connectivity index (χ1n) is 9.22. The Bertz CT molecular complexity index is 1240. The number of amides is 1. The zero-order valence-corrected chi connectivity index (χ0v) is 18.5. The molecule has 4 aromatic rings. The Balaban J connectivity index is 1.71. The number of halogens is 3. The van der Waals surface area contributed by atoms with Gasteiger partial charge in [0.15, 0.2) is 0 Å². The van der Waals surface area contributed by atoms with Gasteiger partial charge in [-0.15, -0.1) is 0 Å². The van der Waals surface area contributed by atoms with Gasteiger partial charge in [0, 0.05) is 31.3 Å². The van der Waals surface area contributed by atoms with E-state index in [4.69, 9.17) is 23.2 Å². The van der Waals surface area contributed by atoms with Crippen LogP contribution in [0.15, 0.2) is 77.3 Å². The molecule has 1 atom stereocenters. The first-order chi connectivity index (χ1) is 14.5. The molecule has 0 saturated heterocycles. The maximum atomic E-state index is 13.4. The number of nitrogens with one attached hydrogen (secondary N) is 1. The van der Waals surface area contributed by atoms with Gasteiger partial charge in [-0.1, -0.05) is 63.4 Å². The van der Waals surface area contributed by atoms with Gasteiger partial charge in [-0.25, -0.2) is 0 Å². The Kier molecular flexibility index (Phi) is 4.89. The van der Waals surface area contributed by atoms with Gasteiger partial charge in [0.2, 0.25) is 0 Å². The molecule has 7 heteroatoms. The van der Waals surface area contributed by atoms with Gasteiger partial charge in [-0.05, 0) is 54.1 Å². The Labute approximate surface area is 191 Å². The molecule has 0 radical (unpaired) electrons. The fourth-order valence-electron chi connectivity index (χ4n) is 3.80. The number of anilines is 1. The zero-order chi connectivity index (χ0) is 20.8. The van der Waals surface area contributed by atoms with Crippen LogP contribution in [0.25, 0.3) is 11.3 Å². The highest BCUT2D eigenvalue weighted by Crippen LogP contribution is 2.45. The van der Waals surface area contributed by atoms with Gasteiger partial charge in [0.25, 0.3) is 5.91 Å². The van der Waals surface area contributed by atoms with Gasteiger partial charge in [-0.3, -0.25) is 14.8 Å². The predicted octanol–water partition coefficient (Wildman–Crippen LogP) is 6.90. The minimum absolute atomic E-state index is 0.136. The number of benzene rings is 3. The van der Waals surface area contributed by atoms with Crippen molar-refractivity contribution < 1.29 is 4.79 Å². The largest absolute Gasteiger partial charge is 0.295 e. The fourth-order valence-corrected chi connectivity index (χ4v) is 4.32. The van der Waals surface area contributed by atoms with E-state index >= 15 is 0 Å². The molecular weight excluding hydrogens is 485 g/mol. The monoisotopic (exact) mass is 497 g/mol. The van der Waals surface area contributed by atoms with Crippen molar-refractivity contribution in [1.29, 1.82) is 0 Å². The van der Waals surface area contributed by atoms with E-state index in [0.29, 0.717) is 15.7 Å². The normalized spacial score (nSPS) is 15.5. The summed E-state index contributed by atoms with van der Waals surface area (Å²) in [5, 5.41) is 8.71. The number of hydrogen-bond donors (Lipinski definition) is 1. The smallest absolute Gasteiger partial charge is 0.277 e. The second kappa shape index (κ2) is 7.58. The highest BCUT2D eigenvalue weighted by molar-refractivity contribution is 9.10. The molecule has 0 fully saturated rings. The maximum Gasteiger partial charge on any atom is 0.277 e. The van der Waals surface area contributed by atoms with E-state index in [-0.39, 0.29) is 11.9 Å². The number of aromatic nitrogens is 2. The maximum absolute atomic E-state index is 13.4. The second-order valence-electron chi connectivity index (χ2n) is 6.97. The highest BCUT2D eigenvalue weighted by atomic mass is 79.9. The molecule has 4 nitrogen and oxygen atoms in total. The first-order valence-corrected chi connectivity index (χ1v) is 10.8. The molecular formula is C23H14BrCl2N3O. The third-order valence-electron chi connectivity index (χ3n) is 5.18. The standard InChI is InChI=1S/C23H14BrCl2N3O/c24-15-5-1-13(2-6-15)20-19-21(28-27-20)23(30)29(18-11-9-17(26)10-12-18)22(19)14-3-7-16(25)8-4-14/h1-12,22H,(H,27,28). The summed E-state index contributed by atoms with van der Waals surface area (Å²) in [7, 11) is 0. The number of H-pyrrole nitrogens is 1. The van der Waals surface area contributed by atoms with Crippen LogP contribution in [0.2, 0.25) is 10.0 Å². The number of rotatable bonds is 3. The van der Waals surface area contributed by atoms with Crippen LogP contribution in [0.1, 0.15) is 27.7 Å². The van der Waals surface area contributed by atoms with Gasteiger partial charge in [0.1, 0.15) is 5.69 Å². The Morgan fingerprint density at radius 1 is 0.867 bits per heavy atom. The van der Waals surface area contributed by atoms with Crippen molar-refractivity contribution in [3.8, 4) is 11.3 Å². The van der Waals surface area contributed by atoms with Crippen LogP contribution in [0.3, 0.4) is 0 Å². The Morgan fingerprint density at radius 3 is 2.10 bits per heavy atom. The molecule has 3 aromatic carbocycles. The van der Waals surface area contributed by atoms with Crippen molar-refractivity contribution in [2.24, 2.45) is 0 Å². The van der Waals surface area contributed by atoms with Crippen LogP contribution >= 0.6 is 39.1 Å². The average molecular weight is 499 g/mol. The first kappa shape index (κ1) is 19.4. The van der Waals surface area contributed by atoms with E-state index in [1.165, 1.54) is 0 Å². The lowest BCUT2D eigenvalue weighted by Gasteiger charge is -2.26. The lowest BCUT2D eigenvalue weighted by atomic mass is 9.96. The number of nitrogens with zero attached hydrogens (tertiary/aromatic N) is 2. The van der Waals surface area contributed by atoms with Crippen LogP contribution in [0.5, 0.6) is 0 Å². The topological polar surface area (TPSA) is 49.0 Å². The summed E-state index contributed by atoms with van der Waals surface area (Å²) >= 11 is 15.7. The van der Waals surface area contributed by atoms with Crippen LogP contribution in [0, 0.1) is 0 Å². The van der Waals surface area contributed by atoms with Crippen molar-refractivity contribution in [2.45, 2.75) is 6.04 Å². The molecule has 1 aliphatic heterocycles. The summed E-state index contributed by atoms with van der Waals surface area (Å²) < 4.78 is 0.978. The van der Waals surface area contributed by atoms with Crippen molar-refractivity contribution in [3.05, 3.63) is 104 Å². The van der Waals surface area contributed by atoms with Crippen molar-refractivity contribution >= 4 is 50.7 Å². The zero-order valence-electron chi connectivity index (χ0n) is 15.4. The molecule has 0 aliphatic carbocycles. The van der Waals surface area contributed by atoms with Crippen molar-refractivity contribution in [2.75, 3.05) is 4.90 Å². The summed E-state index contributed by atoms with van der Waals surface area (Å²) in [5.41, 5.74) is 4.72. The predicted molar refractivity (Wildman–Crippen MR) is 123 cm³/mol. The summed E-state index contributed by atoms with van der Waals surface area (Å²) in [6, 6.07) is 22.3. The molecule has 1 N–H and O–H groups in total. The van der Waals surface area contributed by atoms with Crippen molar-refractivity contribution in [1.82, 2.24) is 10.2 Å². The van der Waals surface area contributed by atoms with Crippen molar-refractivity contribution in [3.63, 3.8) is 0 Å². The SMILES string of the molecule is O=C1c2[nH]nc(-c3ccc(Br)cc3)c2C(c2ccc(Cl)cc2)N1c1ccc(Cl)cc1. The number of aromatic amines is 1. The van der Waals surface area contributed by atoms with Gasteiger partial charge in [-0.2, -0.15) is 5.10 Å². The summed E-state index contributed by atoms with van der Waals surface area (Å²) in [5.74, 6) is -0.136. The Morgan fingerprint density at radius 2 is 1.47 bits per heavy atom. The molecule has 1 unspecified atom stereocenters. The van der Waals surface area contributed by atoms with Crippen LogP contribution in [-0.2, 0) is 0 Å². The van der Waals surface area contributed by atoms with E-state index in [1.54, 1.807) is 17.0 Å². The Hall–Kier alpha value is -2.60. The van der Waals surface area contributed by atoms with E-state index in [9.17, 15) is 4.79 Å². The number of carbonyl (C=O) groups is 1. The highest BCUT2D eigenvalue weighted by Gasteiger charge is 2.43. The molecule has 0 spiro atoms. The minimum Gasteiger partial charge on any atom is -0.295 e. The number of hydrogen-bond acceptors (Lipinski definition) is 2. The quantitative estimate of drug-likeness (QED) is 0.334. The third-order valence-corrected chi connectivity index (χ3v) is 6.21. The molecule has 1 amide bonds. The fraction of sp³-hybridized carbons (Fsp3) is 0.0435. The van der Waals surface area contributed by atoms with Gasteiger partial charge < -0.3 is 0 Å². The summed E-state index contributed by atoms with van der Waals surface area (Å²) in [6.07, 6.45) is 0. The molecule has 148 valence electrons. The summed E-state index contributed by atoms with van der Waals surface area (Å²) in [6.45, 7) is 0. The third kappa shape index (κ3) is 3.23. The lowest BCUT2D eigenvalue weighted by Crippen LogP contribution is -2.29. The average Bonchev–Trinajstić information content (AvgIpc) is 3.29. The van der Waals surface area contributed by atoms with Crippen LogP contribution in [0.4, 0.5) is 5.69 Å². The van der Waals surface area contributed by atoms with E-state index in [1.807, 2.05) is 60.7 Å². The molecule has 0 bridgehead atoms. The van der Waals surface area contributed by atoms with Gasteiger partial charge >= 0.3 is 0 Å². The van der Waals surface area contributed by atoms with E-state index in [2.05, 4.69) is 26.1 Å². The molecule has 1 aliphatic rings. The second-order valence-corrected chi connectivity index (χ2v) is 8.76. The molecule has 2 heterocycles. The van der Waals surface area contributed by atoms with Crippen LogP contribution in [-0.4, -0.2) is 16.1 Å². The lowest BCUT2D eigenvalue weighted by molar-refractivity contribution is 0.0989. The summed E-state index contributed by atoms with van der Waals surface area (Å²) in [4.78, 5) is 15.2. The molecule has 1 aromatic heterocycles. The molecule has 30 heavy (non-hydrogen) atoms. The number of carbonyl (C=O) groups excluding carboxylic acids is 1.